The van der Waals surface area contributed by atoms with Gasteiger partial charge < -0.3 is 36.7 Å². The summed E-state index contributed by atoms with van der Waals surface area (Å²) in [4.78, 5) is 0. The Kier molecular flexibility index (Phi) is 17.5. The van der Waals surface area contributed by atoms with Gasteiger partial charge in [-0.1, -0.05) is 0 Å². The number of ether oxygens (including phenoxy) is 4. The van der Waals surface area contributed by atoms with E-state index in [9.17, 15) is 0 Å². The van der Waals surface area contributed by atoms with Crippen LogP contribution in [-0.2, 0) is 36.7 Å². The van der Waals surface area contributed by atoms with Crippen LogP contribution in [-0.4, -0.2) is 97.3 Å². The molecule has 3 atom stereocenters. The topological polar surface area (TPSA) is 80.4 Å². The minimum atomic E-state index is -1.44. The second kappa shape index (κ2) is 18.7. The lowest BCUT2D eigenvalue weighted by atomic mass is 10.3. The van der Waals surface area contributed by atoms with Gasteiger partial charge in [-0.15, -0.1) is 0 Å². The SMILES string of the molecule is CCO[SiH](CCC(C)OCC1CO1)OCC.CO[SiH](CCCCOCC1CO1)OC. The highest BCUT2D eigenvalue weighted by Crippen LogP contribution is 2.13. The highest BCUT2D eigenvalue weighted by molar-refractivity contribution is 6.44. The summed E-state index contributed by atoms with van der Waals surface area (Å²) in [6.07, 6.45) is 4.25. The molecule has 10 heteroatoms. The van der Waals surface area contributed by atoms with E-state index in [0.717, 1.165) is 77.6 Å². The fourth-order valence-corrected chi connectivity index (χ4v) is 5.90. The van der Waals surface area contributed by atoms with Crippen molar-refractivity contribution in [1.82, 2.24) is 0 Å². The smallest absolute Gasteiger partial charge is 0.321 e. The molecule has 0 aromatic rings. The van der Waals surface area contributed by atoms with Crippen LogP contribution in [0.25, 0.3) is 0 Å². The summed E-state index contributed by atoms with van der Waals surface area (Å²) in [5, 5.41) is 0. The van der Waals surface area contributed by atoms with E-state index in [2.05, 4.69) is 6.92 Å². The average molecular weight is 469 g/mol. The van der Waals surface area contributed by atoms with Gasteiger partial charge in [0.25, 0.3) is 0 Å². The van der Waals surface area contributed by atoms with Gasteiger partial charge in [0.15, 0.2) is 0 Å². The van der Waals surface area contributed by atoms with Crippen molar-refractivity contribution in [2.24, 2.45) is 0 Å². The van der Waals surface area contributed by atoms with Crippen LogP contribution < -0.4 is 0 Å². The van der Waals surface area contributed by atoms with E-state index in [-0.39, 0.29) is 6.10 Å². The number of rotatable bonds is 19. The van der Waals surface area contributed by atoms with Crippen LogP contribution in [0.4, 0.5) is 0 Å². The third-order valence-corrected chi connectivity index (χ3v) is 8.84. The van der Waals surface area contributed by atoms with Crippen LogP contribution in [0.1, 0.15) is 40.0 Å². The molecule has 0 N–H and O–H groups in total. The Morgan fingerprint density at radius 3 is 2.00 bits per heavy atom. The molecule has 0 aliphatic carbocycles. The molecule has 2 aliphatic rings. The fourth-order valence-electron chi connectivity index (χ4n) is 2.70. The first-order valence-electron chi connectivity index (χ1n) is 11.3. The van der Waals surface area contributed by atoms with Gasteiger partial charge in [-0.05, 0) is 52.1 Å². The first-order valence-corrected chi connectivity index (χ1v) is 14.9. The van der Waals surface area contributed by atoms with Crippen molar-refractivity contribution < 1.29 is 36.7 Å². The van der Waals surface area contributed by atoms with Gasteiger partial charge in [-0.25, -0.2) is 0 Å². The maximum absolute atomic E-state index is 5.66. The van der Waals surface area contributed by atoms with Crippen molar-refractivity contribution >= 4 is 18.6 Å². The van der Waals surface area contributed by atoms with Gasteiger partial charge in [0.2, 0.25) is 0 Å². The summed E-state index contributed by atoms with van der Waals surface area (Å²) in [5.74, 6) is 0. The summed E-state index contributed by atoms with van der Waals surface area (Å²) in [5.41, 5.74) is 0. The Morgan fingerprint density at radius 1 is 0.867 bits per heavy atom. The monoisotopic (exact) mass is 468 g/mol. The zero-order valence-electron chi connectivity index (χ0n) is 19.6. The number of hydrogen-bond acceptors (Lipinski definition) is 8. The lowest BCUT2D eigenvalue weighted by Gasteiger charge is -2.17. The molecule has 0 spiro atoms. The van der Waals surface area contributed by atoms with Gasteiger partial charge in [0.1, 0.15) is 12.2 Å². The summed E-state index contributed by atoms with van der Waals surface area (Å²) < 4.78 is 42.8. The first kappa shape index (κ1) is 28.1. The Morgan fingerprint density at radius 2 is 1.47 bits per heavy atom. The normalized spacial score (nSPS) is 20.9. The summed E-state index contributed by atoms with van der Waals surface area (Å²) >= 11 is 0. The lowest BCUT2D eigenvalue weighted by molar-refractivity contribution is 0.0505. The van der Waals surface area contributed by atoms with Crippen molar-refractivity contribution in [2.75, 3.05) is 60.5 Å². The minimum absolute atomic E-state index is 0.278. The molecule has 180 valence electrons. The largest absolute Gasteiger partial charge is 0.400 e. The Labute approximate surface area is 186 Å². The number of hydrogen-bond donors (Lipinski definition) is 0. The molecule has 2 aliphatic heterocycles. The Balaban J connectivity index is 0.000000303. The molecule has 0 aromatic heterocycles. The van der Waals surface area contributed by atoms with Crippen molar-refractivity contribution in [3.05, 3.63) is 0 Å². The van der Waals surface area contributed by atoms with Crippen molar-refractivity contribution in [3.63, 3.8) is 0 Å². The lowest BCUT2D eigenvalue weighted by Crippen LogP contribution is -2.25. The zero-order valence-corrected chi connectivity index (χ0v) is 21.9. The van der Waals surface area contributed by atoms with E-state index in [1.54, 1.807) is 14.2 Å². The molecule has 8 nitrogen and oxygen atoms in total. The van der Waals surface area contributed by atoms with Crippen LogP contribution in [0.15, 0.2) is 0 Å². The van der Waals surface area contributed by atoms with E-state index < -0.39 is 18.6 Å². The van der Waals surface area contributed by atoms with Gasteiger partial charge >= 0.3 is 18.6 Å². The second-order valence-corrected chi connectivity index (χ2v) is 11.9. The van der Waals surface area contributed by atoms with Gasteiger partial charge in [0, 0.05) is 34.0 Å². The van der Waals surface area contributed by atoms with Gasteiger partial charge in [0.05, 0.1) is 32.5 Å². The quantitative estimate of drug-likeness (QED) is 0.162. The molecule has 2 fully saturated rings. The predicted octanol–water partition coefficient (Wildman–Crippen LogP) is 2.17. The van der Waals surface area contributed by atoms with Crippen LogP contribution in [0.5, 0.6) is 0 Å². The molecule has 2 saturated heterocycles. The predicted molar refractivity (Wildman–Crippen MR) is 121 cm³/mol. The standard InChI is InChI=1S/C11H24O4Si.C9H20O4Si/c1-4-14-16(15-5-2)7-6-10(3)12-8-11-9-13-11;1-10-14(11-2)6-4-3-5-12-7-9-8-13-9/h10-11,16H,4-9H2,1-3H3;9,14H,3-8H2,1-2H3. The molecule has 0 saturated carbocycles. The highest BCUT2D eigenvalue weighted by Gasteiger charge is 2.24. The summed E-state index contributed by atoms with van der Waals surface area (Å²) in [6, 6.07) is 2.09. The highest BCUT2D eigenvalue weighted by atomic mass is 28.3. The Hall–Kier alpha value is 0.114. The van der Waals surface area contributed by atoms with E-state index in [1.165, 1.54) is 0 Å². The van der Waals surface area contributed by atoms with Crippen LogP contribution >= 0.6 is 0 Å². The van der Waals surface area contributed by atoms with E-state index in [1.807, 2.05) is 13.8 Å². The first-order chi connectivity index (χ1) is 14.6. The molecule has 0 amide bonds. The summed E-state index contributed by atoms with van der Waals surface area (Å²) in [7, 11) is 0.681. The maximum Gasteiger partial charge on any atom is 0.321 e. The molecule has 2 rings (SSSR count). The summed E-state index contributed by atoms with van der Waals surface area (Å²) in [6.45, 7) is 11.7. The van der Waals surface area contributed by atoms with Crippen molar-refractivity contribution in [2.45, 2.75) is 70.4 Å². The maximum atomic E-state index is 5.66. The van der Waals surface area contributed by atoms with Crippen LogP contribution in [0.2, 0.25) is 12.1 Å². The molecule has 0 aromatic carbocycles. The van der Waals surface area contributed by atoms with Crippen LogP contribution in [0.3, 0.4) is 0 Å². The van der Waals surface area contributed by atoms with E-state index in [4.69, 9.17) is 36.7 Å². The van der Waals surface area contributed by atoms with E-state index in [0.29, 0.717) is 12.2 Å². The third-order valence-electron chi connectivity index (χ3n) is 4.69. The molecular weight excluding hydrogens is 424 g/mol. The average Bonchev–Trinajstić information content (AvgIpc) is 3.66. The number of unbranched alkanes of at least 4 members (excludes halogenated alkanes) is 1. The van der Waals surface area contributed by atoms with Crippen LogP contribution in [0, 0.1) is 0 Å². The fraction of sp³-hybridized carbons (Fsp3) is 1.00. The second-order valence-electron chi connectivity index (χ2n) is 7.44. The Bertz CT molecular complexity index is 376. The molecule has 0 bridgehead atoms. The molecular formula is C20H44O8Si2. The van der Waals surface area contributed by atoms with E-state index >= 15 is 0 Å². The van der Waals surface area contributed by atoms with Crippen molar-refractivity contribution in [3.8, 4) is 0 Å². The molecule has 3 unspecified atom stereocenters. The molecule has 0 radical (unpaired) electrons. The number of epoxide rings is 2. The van der Waals surface area contributed by atoms with Crippen molar-refractivity contribution in [1.29, 1.82) is 0 Å². The third kappa shape index (κ3) is 16.8. The molecule has 30 heavy (non-hydrogen) atoms. The zero-order chi connectivity index (χ0) is 22.0. The van der Waals surface area contributed by atoms with Gasteiger partial charge in [-0.3, -0.25) is 0 Å². The minimum Gasteiger partial charge on any atom is -0.400 e. The van der Waals surface area contributed by atoms with Gasteiger partial charge in [-0.2, -0.15) is 0 Å². The molecule has 2 heterocycles.